The summed E-state index contributed by atoms with van der Waals surface area (Å²) in [6.07, 6.45) is 4.24. The number of aromatic nitrogens is 3. The minimum Gasteiger partial charge on any atom is -0.492 e. The van der Waals surface area contributed by atoms with Gasteiger partial charge in [0.15, 0.2) is 11.4 Å². The zero-order chi connectivity index (χ0) is 19.9. The van der Waals surface area contributed by atoms with Crippen LogP contribution in [0.15, 0.2) is 36.7 Å². The summed E-state index contributed by atoms with van der Waals surface area (Å²) in [5, 5.41) is 7.23. The van der Waals surface area contributed by atoms with Gasteiger partial charge in [0, 0.05) is 12.6 Å². The minimum atomic E-state index is -0.323. The van der Waals surface area contributed by atoms with Crippen LogP contribution in [0.1, 0.15) is 53.6 Å². The molecule has 4 rings (SSSR count). The summed E-state index contributed by atoms with van der Waals surface area (Å²) in [6, 6.07) is 7.27. The van der Waals surface area contributed by atoms with Gasteiger partial charge in [-0.3, -0.25) is 9.59 Å². The van der Waals surface area contributed by atoms with E-state index in [2.05, 4.69) is 29.2 Å². The van der Waals surface area contributed by atoms with E-state index in [4.69, 9.17) is 4.74 Å². The van der Waals surface area contributed by atoms with Crippen LogP contribution in [0.4, 0.5) is 5.69 Å². The molecule has 0 atom stereocenters. The normalized spacial score (nSPS) is 15.3. The summed E-state index contributed by atoms with van der Waals surface area (Å²) in [4.78, 5) is 29.7. The molecule has 0 aliphatic heterocycles. The summed E-state index contributed by atoms with van der Waals surface area (Å²) >= 11 is 0. The lowest BCUT2D eigenvalue weighted by Gasteiger charge is -2.29. The Morgan fingerprint density at radius 3 is 2.82 bits per heavy atom. The van der Waals surface area contributed by atoms with Crippen molar-refractivity contribution >= 4 is 23.0 Å². The Labute approximate surface area is 162 Å². The molecule has 7 nitrogen and oxygen atoms in total. The molecule has 0 radical (unpaired) electrons. The highest BCUT2D eigenvalue weighted by Crippen LogP contribution is 2.34. The lowest BCUT2D eigenvalue weighted by atomic mass is 9.76. The maximum atomic E-state index is 12.9. The van der Waals surface area contributed by atoms with Crippen molar-refractivity contribution in [2.45, 2.75) is 33.6 Å². The van der Waals surface area contributed by atoms with Crippen molar-refractivity contribution in [3.8, 4) is 5.75 Å². The van der Waals surface area contributed by atoms with Crippen molar-refractivity contribution < 1.29 is 14.3 Å². The predicted molar refractivity (Wildman–Crippen MR) is 105 cm³/mol. The van der Waals surface area contributed by atoms with E-state index in [1.54, 1.807) is 22.8 Å². The SMILES string of the molecule is CCOc1ccccc1NC(=O)c1cnn2c3c(cnc12)C(=O)CC(C)(C)C3. The highest BCUT2D eigenvalue weighted by Gasteiger charge is 2.33. The average molecular weight is 378 g/mol. The third-order valence-corrected chi connectivity index (χ3v) is 4.89. The van der Waals surface area contributed by atoms with Gasteiger partial charge in [-0.25, -0.2) is 9.50 Å². The Hall–Kier alpha value is -3.22. The molecule has 2 aromatic heterocycles. The van der Waals surface area contributed by atoms with E-state index in [-0.39, 0.29) is 17.1 Å². The molecule has 0 saturated carbocycles. The Balaban J connectivity index is 1.71. The molecule has 1 aliphatic carbocycles. The molecule has 0 fully saturated rings. The molecule has 1 N–H and O–H groups in total. The third kappa shape index (κ3) is 3.13. The number of fused-ring (bicyclic) bond motifs is 3. The van der Waals surface area contributed by atoms with Gasteiger partial charge >= 0.3 is 0 Å². The first-order chi connectivity index (χ1) is 13.4. The molecule has 3 aromatic rings. The zero-order valence-corrected chi connectivity index (χ0v) is 16.2. The second-order valence-electron chi connectivity index (χ2n) is 7.74. The van der Waals surface area contributed by atoms with Gasteiger partial charge in [-0.2, -0.15) is 5.10 Å². The van der Waals surface area contributed by atoms with Gasteiger partial charge in [0.25, 0.3) is 5.91 Å². The number of Topliss-reactive ketones (excluding diaryl/α,β-unsaturated/α-hetero) is 1. The number of ether oxygens (including phenoxy) is 1. The molecule has 2 heterocycles. The molecule has 144 valence electrons. The van der Waals surface area contributed by atoms with Crippen LogP contribution in [0.3, 0.4) is 0 Å². The highest BCUT2D eigenvalue weighted by molar-refractivity contribution is 6.09. The van der Waals surface area contributed by atoms with Crippen LogP contribution in [0, 0.1) is 5.41 Å². The zero-order valence-electron chi connectivity index (χ0n) is 16.2. The van der Waals surface area contributed by atoms with Crippen LogP contribution >= 0.6 is 0 Å². The number of nitrogens with zero attached hydrogens (tertiary/aromatic N) is 3. The number of carbonyl (C=O) groups excluding carboxylic acids is 2. The molecular weight excluding hydrogens is 356 g/mol. The summed E-state index contributed by atoms with van der Waals surface area (Å²) in [7, 11) is 0. The first-order valence-electron chi connectivity index (χ1n) is 9.31. The maximum Gasteiger partial charge on any atom is 0.261 e. The van der Waals surface area contributed by atoms with Gasteiger partial charge in [-0.15, -0.1) is 0 Å². The van der Waals surface area contributed by atoms with E-state index >= 15 is 0 Å². The number of amides is 1. The summed E-state index contributed by atoms with van der Waals surface area (Å²) in [5.74, 6) is 0.344. The first-order valence-corrected chi connectivity index (χ1v) is 9.31. The topological polar surface area (TPSA) is 85.6 Å². The van der Waals surface area contributed by atoms with Crippen LogP contribution in [0.25, 0.3) is 5.65 Å². The average Bonchev–Trinajstić information content (AvgIpc) is 3.07. The number of rotatable bonds is 4. The largest absolute Gasteiger partial charge is 0.492 e. The number of hydrogen-bond acceptors (Lipinski definition) is 5. The van der Waals surface area contributed by atoms with Gasteiger partial charge in [0.2, 0.25) is 0 Å². The van der Waals surface area contributed by atoms with Crippen LogP contribution < -0.4 is 10.1 Å². The monoisotopic (exact) mass is 378 g/mol. The fourth-order valence-corrected chi connectivity index (χ4v) is 3.63. The summed E-state index contributed by atoms with van der Waals surface area (Å²) in [5.41, 5.74) is 2.62. The molecule has 28 heavy (non-hydrogen) atoms. The van der Waals surface area contributed by atoms with Gasteiger partial charge in [-0.05, 0) is 30.9 Å². The van der Waals surface area contributed by atoms with E-state index in [9.17, 15) is 9.59 Å². The van der Waals surface area contributed by atoms with Gasteiger partial charge in [0.05, 0.1) is 29.7 Å². The minimum absolute atomic E-state index is 0.0628. The molecule has 0 spiro atoms. The molecule has 7 heteroatoms. The van der Waals surface area contributed by atoms with Crippen LogP contribution in [-0.4, -0.2) is 32.9 Å². The lowest BCUT2D eigenvalue weighted by Crippen LogP contribution is -2.29. The summed E-state index contributed by atoms with van der Waals surface area (Å²) in [6.45, 7) is 6.50. The number of benzene rings is 1. The van der Waals surface area contributed by atoms with Gasteiger partial charge in [-0.1, -0.05) is 26.0 Å². The number of ketones is 1. The number of anilines is 1. The fourth-order valence-electron chi connectivity index (χ4n) is 3.63. The molecule has 1 aliphatic rings. The molecule has 0 unspecified atom stereocenters. The number of carbonyl (C=O) groups is 2. The molecule has 0 saturated heterocycles. The summed E-state index contributed by atoms with van der Waals surface area (Å²) < 4.78 is 7.19. The van der Waals surface area contributed by atoms with E-state index < -0.39 is 0 Å². The Morgan fingerprint density at radius 1 is 1.25 bits per heavy atom. The molecule has 1 amide bonds. The molecule has 0 bridgehead atoms. The molecule has 1 aromatic carbocycles. The van der Waals surface area contributed by atoms with E-state index in [1.165, 1.54) is 6.20 Å². The molecular formula is C21H22N4O3. The Morgan fingerprint density at radius 2 is 2.04 bits per heavy atom. The fraction of sp³-hybridized carbons (Fsp3) is 0.333. The predicted octanol–water partition coefficient (Wildman–Crippen LogP) is 3.54. The van der Waals surface area contributed by atoms with Gasteiger partial charge in [0.1, 0.15) is 11.3 Å². The van der Waals surface area contributed by atoms with Crippen molar-refractivity contribution in [1.82, 2.24) is 14.6 Å². The van der Waals surface area contributed by atoms with Crippen molar-refractivity contribution in [3.05, 3.63) is 53.5 Å². The second-order valence-corrected chi connectivity index (χ2v) is 7.74. The van der Waals surface area contributed by atoms with Crippen LogP contribution in [-0.2, 0) is 6.42 Å². The van der Waals surface area contributed by atoms with Crippen molar-refractivity contribution in [3.63, 3.8) is 0 Å². The Kier molecular flexibility index (Phi) is 4.37. The van der Waals surface area contributed by atoms with Crippen molar-refractivity contribution in [1.29, 1.82) is 0 Å². The van der Waals surface area contributed by atoms with E-state index in [0.717, 1.165) is 5.69 Å². The smallest absolute Gasteiger partial charge is 0.261 e. The van der Waals surface area contributed by atoms with Crippen molar-refractivity contribution in [2.75, 3.05) is 11.9 Å². The third-order valence-electron chi connectivity index (χ3n) is 4.89. The van der Waals surface area contributed by atoms with E-state index in [0.29, 0.717) is 47.7 Å². The van der Waals surface area contributed by atoms with Crippen molar-refractivity contribution in [2.24, 2.45) is 5.41 Å². The lowest BCUT2D eigenvalue weighted by molar-refractivity contribution is 0.0908. The number of hydrogen-bond donors (Lipinski definition) is 1. The standard InChI is InChI=1S/C21H22N4O3/c1-4-28-18-8-6-5-7-15(18)24-20(27)14-12-23-25-16-9-21(2,3)10-17(26)13(16)11-22-19(14)25/h5-8,11-12H,4,9-10H2,1-3H3,(H,24,27). The van der Waals surface area contributed by atoms with E-state index in [1.807, 2.05) is 19.1 Å². The number of nitrogens with one attached hydrogen (secondary N) is 1. The highest BCUT2D eigenvalue weighted by atomic mass is 16.5. The van der Waals surface area contributed by atoms with Crippen LogP contribution in [0.2, 0.25) is 0 Å². The quantitative estimate of drug-likeness (QED) is 0.751. The Bertz CT molecular complexity index is 1080. The van der Waals surface area contributed by atoms with Gasteiger partial charge < -0.3 is 10.1 Å². The second kappa shape index (κ2) is 6.74. The van der Waals surface area contributed by atoms with Crippen LogP contribution in [0.5, 0.6) is 5.75 Å². The number of para-hydroxylation sites is 2. The first kappa shape index (κ1) is 18.2. The maximum absolute atomic E-state index is 12.9.